The van der Waals surface area contributed by atoms with Crippen LogP contribution in [-0.4, -0.2) is 4.92 Å². The zero-order valence-electron chi connectivity index (χ0n) is 8.37. The molecule has 0 aliphatic carbocycles. The lowest BCUT2D eigenvalue weighted by atomic mass is 9.87. The third kappa shape index (κ3) is 2.23. The molecule has 0 unspecified atom stereocenters. The van der Waals surface area contributed by atoms with Gasteiger partial charge < -0.3 is 0 Å². The van der Waals surface area contributed by atoms with Crippen LogP contribution in [0.5, 0.6) is 0 Å². The molecule has 0 aliphatic rings. The molecule has 0 N–H and O–H groups in total. The number of benzene rings is 1. The van der Waals surface area contributed by atoms with Gasteiger partial charge in [-0.25, -0.2) is 0 Å². The summed E-state index contributed by atoms with van der Waals surface area (Å²) in [7, 11) is 0. The van der Waals surface area contributed by atoms with Crippen LogP contribution in [0.25, 0.3) is 0 Å². The van der Waals surface area contributed by atoms with Gasteiger partial charge in [-0.05, 0) is 17.0 Å². The van der Waals surface area contributed by atoms with E-state index in [0.29, 0.717) is 0 Å². The van der Waals surface area contributed by atoms with Gasteiger partial charge >= 0.3 is 0 Å². The Kier molecular flexibility index (Phi) is 2.81. The van der Waals surface area contributed by atoms with E-state index < -0.39 is 4.92 Å². The lowest BCUT2D eigenvalue weighted by molar-refractivity contribution is -0.384. The first-order valence-electron chi connectivity index (χ1n) is 4.27. The second kappa shape index (κ2) is 3.58. The predicted octanol–water partition coefficient (Wildman–Crippen LogP) is 3.55. The van der Waals surface area contributed by atoms with E-state index in [4.69, 9.17) is 11.6 Å². The monoisotopic (exact) mass is 213 g/mol. The largest absolute Gasteiger partial charge is 0.287 e. The van der Waals surface area contributed by atoms with Crippen molar-refractivity contribution in [1.82, 2.24) is 0 Å². The summed E-state index contributed by atoms with van der Waals surface area (Å²) in [4.78, 5) is 10.0. The number of halogens is 1. The van der Waals surface area contributed by atoms with E-state index in [1.54, 1.807) is 12.1 Å². The van der Waals surface area contributed by atoms with Crippen LogP contribution in [0.2, 0.25) is 5.02 Å². The molecular weight excluding hydrogens is 202 g/mol. The summed E-state index contributed by atoms with van der Waals surface area (Å²) in [6, 6.07) is 4.84. The highest BCUT2D eigenvalue weighted by molar-refractivity contribution is 6.32. The quantitative estimate of drug-likeness (QED) is 0.529. The maximum absolute atomic E-state index is 10.5. The normalized spacial score (nSPS) is 11.4. The predicted molar refractivity (Wildman–Crippen MR) is 56.8 cm³/mol. The van der Waals surface area contributed by atoms with E-state index >= 15 is 0 Å². The summed E-state index contributed by atoms with van der Waals surface area (Å²) in [6.07, 6.45) is 0. The molecule has 0 amide bonds. The van der Waals surface area contributed by atoms with Crippen molar-refractivity contribution in [2.75, 3.05) is 0 Å². The zero-order valence-corrected chi connectivity index (χ0v) is 9.13. The standard InChI is InChI=1S/C10H12ClNO2/c1-10(2,3)7-4-5-9(12(13)14)8(11)6-7/h4-6H,1-3H3. The second-order valence-electron chi connectivity index (χ2n) is 4.17. The Hall–Kier alpha value is -1.09. The summed E-state index contributed by atoms with van der Waals surface area (Å²) in [5.74, 6) is 0. The topological polar surface area (TPSA) is 43.1 Å². The molecule has 1 aromatic rings. The minimum Gasteiger partial charge on any atom is -0.258 e. The Balaban J connectivity index is 3.20. The highest BCUT2D eigenvalue weighted by Crippen LogP contribution is 2.30. The lowest BCUT2D eigenvalue weighted by Crippen LogP contribution is -2.10. The van der Waals surface area contributed by atoms with E-state index in [9.17, 15) is 10.1 Å². The van der Waals surface area contributed by atoms with Gasteiger partial charge in [0.25, 0.3) is 5.69 Å². The third-order valence-electron chi connectivity index (χ3n) is 2.01. The Morgan fingerprint density at radius 1 is 1.36 bits per heavy atom. The van der Waals surface area contributed by atoms with Crippen LogP contribution in [0, 0.1) is 10.1 Å². The van der Waals surface area contributed by atoms with Crippen molar-refractivity contribution < 1.29 is 4.92 Å². The van der Waals surface area contributed by atoms with Gasteiger partial charge in [0.2, 0.25) is 0 Å². The average molecular weight is 214 g/mol. The second-order valence-corrected chi connectivity index (χ2v) is 4.58. The van der Waals surface area contributed by atoms with Crippen LogP contribution in [-0.2, 0) is 5.41 Å². The fraction of sp³-hybridized carbons (Fsp3) is 0.400. The molecule has 0 heterocycles. The van der Waals surface area contributed by atoms with Crippen molar-refractivity contribution in [3.05, 3.63) is 38.9 Å². The molecule has 0 saturated heterocycles. The Morgan fingerprint density at radius 3 is 2.29 bits per heavy atom. The highest BCUT2D eigenvalue weighted by Gasteiger charge is 2.18. The summed E-state index contributed by atoms with van der Waals surface area (Å²) in [5.41, 5.74) is 0.909. The van der Waals surface area contributed by atoms with Crippen molar-refractivity contribution in [2.24, 2.45) is 0 Å². The van der Waals surface area contributed by atoms with Gasteiger partial charge in [0.1, 0.15) is 5.02 Å². The van der Waals surface area contributed by atoms with Crippen LogP contribution in [0.1, 0.15) is 26.3 Å². The molecule has 1 rings (SSSR count). The molecule has 4 heteroatoms. The third-order valence-corrected chi connectivity index (χ3v) is 2.31. The minimum atomic E-state index is -0.477. The van der Waals surface area contributed by atoms with Crippen LogP contribution in [0.4, 0.5) is 5.69 Å². The smallest absolute Gasteiger partial charge is 0.258 e. The maximum Gasteiger partial charge on any atom is 0.287 e. The maximum atomic E-state index is 10.5. The fourth-order valence-electron chi connectivity index (χ4n) is 1.12. The number of nitrogens with zero attached hydrogens (tertiary/aromatic N) is 1. The minimum absolute atomic E-state index is 0.0420. The van der Waals surface area contributed by atoms with Crippen molar-refractivity contribution in [1.29, 1.82) is 0 Å². The first-order valence-corrected chi connectivity index (χ1v) is 4.64. The van der Waals surface area contributed by atoms with Crippen molar-refractivity contribution in [2.45, 2.75) is 26.2 Å². The van der Waals surface area contributed by atoms with Gasteiger partial charge in [-0.1, -0.05) is 38.4 Å². The number of hydrogen-bond acceptors (Lipinski definition) is 2. The van der Waals surface area contributed by atoms with Crippen LogP contribution in [0.15, 0.2) is 18.2 Å². The van der Waals surface area contributed by atoms with Crippen LogP contribution >= 0.6 is 11.6 Å². The summed E-state index contributed by atoms with van der Waals surface area (Å²) in [6.45, 7) is 6.10. The van der Waals surface area contributed by atoms with Gasteiger partial charge in [-0.15, -0.1) is 0 Å². The van der Waals surface area contributed by atoms with Crippen LogP contribution < -0.4 is 0 Å². The number of nitro benzene ring substituents is 1. The SMILES string of the molecule is CC(C)(C)c1ccc([N+](=O)[O-])c(Cl)c1. The van der Waals surface area contributed by atoms with Gasteiger partial charge in [-0.2, -0.15) is 0 Å². The van der Waals surface area contributed by atoms with Gasteiger partial charge in [0, 0.05) is 6.07 Å². The summed E-state index contributed by atoms with van der Waals surface area (Å²) >= 11 is 5.79. The van der Waals surface area contributed by atoms with E-state index in [1.807, 2.05) is 20.8 Å². The van der Waals surface area contributed by atoms with E-state index in [0.717, 1.165) is 5.56 Å². The Morgan fingerprint density at radius 2 is 1.93 bits per heavy atom. The molecule has 76 valence electrons. The number of hydrogen-bond donors (Lipinski definition) is 0. The van der Waals surface area contributed by atoms with E-state index in [1.165, 1.54) is 6.07 Å². The van der Waals surface area contributed by atoms with Gasteiger partial charge in [0.05, 0.1) is 4.92 Å². The Labute approximate surface area is 87.8 Å². The zero-order chi connectivity index (χ0) is 10.9. The summed E-state index contributed by atoms with van der Waals surface area (Å²) < 4.78 is 0. The van der Waals surface area contributed by atoms with Crippen molar-refractivity contribution >= 4 is 17.3 Å². The molecule has 0 spiro atoms. The van der Waals surface area contributed by atoms with E-state index in [-0.39, 0.29) is 16.1 Å². The molecule has 14 heavy (non-hydrogen) atoms. The molecule has 0 fully saturated rings. The lowest BCUT2D eigenvalue weighted by Gasteiger charge is -2.18. The van der Waals surface area contributed by atoms with Gasteiger partial charge in [-0.3, -0.25) is 10.1 Å². The van der Waals surface area contributed by atoms with Crippen LogP contribution in [0.3, 0.4) is 0 Å². The molecular formula is C10H12ClNO2. The summed E-state index contributed by atoms with van der Waals surface area (Å²) in [5, 5.41) is 10.7. The first-order chi connectivity index (χ1) is 6.32. The molecule has 0 aromatic heterocycles. The molecule has 0 atom stereocenters. The number of nitro groups is 1. The van der Waals surface area contributed by atoms with E-state index in [2.05, 4.69) is 0 Å². The molecule has 0 aliphatic heterocycles. The highest BCUT2D eigenvalue weighted by atomic mass is 35.5. The average Bonchev–Trinajstić information content (AvgIpc) is 2.01. The molecule has 0 saturated carbocycles. The van der Waals surface area contributed by atoms with Crippen molar-refractivity contribution in [3.8, 4) is 0 Å². The molecule has 0 radical (unpaired) electrons. The first kappa shape index (κ1) is 11.0. The van der Waals surface area contributed by atoms with Crippen molar-refractivity contribution in [3.63, 3.8) is 0 Å². The van der Waals surface area contributed by atoms with Gasteiger partial charge in [0.15, 0.2) is 0 Å². The molecule has 3 nitrogen and oxygen atoms in total. The fourth-order valence-corrected chi connectivity index (χ4v) is 1.37. The molecule has 0 bridgehead atoms. The number of rotatable bonds is 1. The molecule has 1 aromatic carbocycles. The Bertz CT molecular complexity index is 369.